The van der Waals surface area contributed by atoms with E-state index in [2.05, 4.69) is 36.0 Å². The lowest BCUT2D eigenvalue weighted by atomic mass is 10.3. The van der Waals surface area contributed by atoms with Crippen LogP contribution in [0.3, 0.4) is 0 Å². The van der Waals surface area contributed by atoms with Crippen LogP contribution in [0.4, 0.5) is 5.69 Å². The molecule has 0 saturated heterocycles. The van der Waals surface area contributed by atoms with Crippen molar-refractivity contribution in [2.45, 2.75) is 31.0 Å². The van der Waals surface area contributed by atoms with Gasteiger partial charge in [-0.3, -0.25) is 4.79 Å². The van der Waals surface area contributed by atoms with Gasteiger partial charge in [0, 0.05) is 10.5 Å². The van der Waals surface area contributed by atoms with Gasteiger partial charge in [0.1, 0.15) is 5.82 Å². The number of rotatable bonds is 5. The minimum atomic E-state index is -0.0464. The van der Waals surface area contributed by atoms with Crippen LogP contribution in [-0.2, 0) is 4.79 Å². The highest BCUT2D eigenvalue weighted by atomic mass is 79.9. The van der Waals surface area contributed by atoms with Gasteiger partial charge in [0.05, 0.1) is 11.4 Å². The molecule has 1 fully saturated rings. The Labute approximate surface area is 135 Å². The number of aromatic nitrogens is 3. The molecule has 0 bridgehead atoms. The molecule has 0 atom stereocenters. The van der Waals surface area contributed by atoms with E-state index in [9.17, 15) is 4.79 Å². The van der Waals surface area contributed by atoms with Crippen LogP contribution in [0.15, 0.2) is 33.9 Å². The molecule has 110 valence electrons. The first kappa shape index (κ1) is 14.6. The van der Waals surface area contributed by atoms with E-state index in [-0.39, 0.29) is 5.91 Å². The van der Waals surface area contributed by atoms with Gasteiger partial charge in [0.2, 0.25) is 5.91 Å². The maximum atomic E-state index is 12.0. The molecule has 1 saturated carbocycles. The molecule has 1 aromatic carbocycles. The molecule has 1 aliphatic rings. The third kappa shape index (κ3) is 3.47. The number of carbonyl (C=O) groups is 1. The van der Waals surface area contributed by atoms with Gasteiger partial charge in [-0.1, -0.05) is 23.9 Å². The lowest BCUT2D eigenvalue weighted by molar-refractivity contribution is -0.113. The van der Waals surface area contributed by atoms with E-state index in [4.69, 9.17) is 0 Å². The number of benzene rings is 1. The molecule has 1 heterocycles. The van der Waals surface area contributed by atoms with Crippen LogP contribution in [0.5, 0.6) is 0 Å². The number of para-hydroxylation sites is 1. The molecule has 0 radical (unpaired) electrons. The summed E-state index contributed by atoms with van der Waals surface area (Å²) >= 11 is 4.85. The van der Waals surface area contributed by atoms with Gasteiger partial charge in [-0.05, 0) is 47.8 Å². The predicted molar refractivity (Wildman–Crippen MR) is 86.5 cm³/mol. The first-order valence-electron chi connectivity index (χ1n) is 6.74. The smallest absolute Gasteiger partial charge is 0.234 e. The molecule has 1 aromatic heterocycles. The van der Waals surface area contributed by atoms with Crippen LogP contribution in [0.1, 0.15) is 24.7 Å². The van der Waals surface area contributed by atoms with Crippen LogP contribution < -0.4 is 5.32 Å². The van der Waals surface area contributed by atoms with Gasteiger partial charge in [-0.2, -0.15) is 0 Å². The Morgan fingerprint density at radius 2 is 2.19 bits per heavy atom. The number of halogens is 1. The Morgan fingerprint density at radius 1 is 1.43 bits per heavy atom. The van der Waals surface area contributed by atoms with Gasteiger partial charge < -0.3 is 9.88 Å². The molecule has 0 spiro atoms. The largest absolute Gasteiger partial charge is 0.324 e. The Bertz CT molecular complexity index is 669. The fourth-order valence-electron chi connectivity index (χ4n) is 2.08. The van der Waals surface area contributed by atoms with Crippen LogP contribution >= 0.6 is 27.7 Å². The van der Waals surface area contributed by atoms with Gasteiger partial charge >= 0.3 is 0 Å². The zero-order valence-electron chi connectivity index (χ0n) is 11.5. The van der Waals surface area contributed by atoms with Gasteiger partial charge in [0.25, 0.3) is 0 Å². The molecular weight excluding hydrogens is 352 g/mol. The number of nitrogens with zero attached hydrogens (tertiary/aromatic N) is 3. The van der Waals surface area contributed by atoms with E-state index in [1.807, 2.05) is 31.2 Å². The summed E-state index contributed by atoms with van der Waals surface area (Å²) in [6, 6.07) is 8.09. The zero-order valence-corrected chi connectivity index (χ0v) is 13.9. The molecule has 1 N–H and O–H groups in total. The predicted octanol–water partition coefficient (Wildman–Crippen LogP) is 3.41. The number of hydrogen-bond donors (Lipinski definition) is 1. The summed E-state index contributed by atoms with van der Waals surface area (Å²) in [5.74, 6) is 1.20. The Balaban J connectivity index is 1.60. The third-order valence-corrected chi connectivity index (χ3v) is 4.86. The number of thioether (sulfide) groups is 1. The van der Waals surface area contributed by atoms with Crippen molar-refractivity contribution < 1.29 is 4.79 Å². The van der Waals surface area contributed by atoms with E-state index in [0.717, 1.165) is 21.1 Å². The molecule has 0 aliphatic heterocycles. The minimum absolute atomic E-state index is 0.0464. The van der Waals surface area contributed by atoms with Gasteiger partial charge in [-0.15, -0.1) is 10.2 Å². The molecule has 5 nitrogen and oxygen atoms in total. The number of aryl methyl sites for hydroxylation is 1. The standard InChI is InChI=1S/C14H15BrN4OS/c1-9-17-18-14(19(9)10-6-7-10)21-8-13(20)16-12-5-3-2-4-11(12)15/h2-5,10H,6-8H2,1H3,(H,16,20). The zero-order chi connectivity index (χ0) is 14.8. The minimum Gasteiger partial charge on any atom is -0.324 e. The number of carbonyl (C=O) groups excluding carboxylic acids is 1. The van der Waals surface area contributed by atoms with Crippen LogP contribution in [0.2, 0.25) is 0 Å². The lowest BCUT2D eigenvalue weighted by Crippen LogP contribution is -2.15. The number of anilines is 1. The number of amides is 1. The van der Waals surface area contributed by atoms with Crippen molar-refractivity contribution in [3.63, 3.8) is 0 Å². The highest BCUT2D eigenvalue weighted by Crippen LogP contribution is 2.38. The summed E-state index contributed by atoms with van der Waals surface area (Å²) in [6.45, 7) is 1.95. The second kappa shape index (κ2) is 6.19. The van der Waals surface area contributed by atoms with Crippen molar-refractivity contribution >= 4 is 39.3 Å². The summed E-state index contributed by atoms with van der Waals surface area (Å²) in [5, 5.41) is 12.0. The SMILES string of the molecule is Cc1nnc(SCC(=O)Nc2ccccc2Br)n1C1CC1. The molecular formula is C14H15BrN4OS. The molecule has 7 heteroatoms. The molecule has 2 aromatic rings. The molecule has 21 heavy (non-hydrogen) atoms. The topological polar surface area (TPSA) is 59.8 Å². The monoisotopic (exact) mass is 366 g/mol. The van der Waals surface area contributed by atoms with E-state index in [0.29, 0.717) is 11.8 Å². The quantitative estimate of drug-likeness (QED) is 0.823. The lowest BCUT2D eigenvalue weighted by Gasteiger charge is -2.08. The summed E-state index contributed by atoms with van der Waals surface area (Å²) < 4.78 is 3.01. The Kier molecular flexibility index (Phi) is 4.30. The van der Waals surface area contributed by atoms with E-state index >= 15 is 0 Å². The summed E-state index contributed by atoms with van der Waals surface area (Å²) in [6.07, 6.45) is 2.35. The molecule has 1 amide bonds. The van der Waals surface area contributed by atoms with Crippen molar-refractivity contribution in [1.29, 1.82) is 0 Å². The summed E-state index contributed by atoms with van der Waals surface area (Å²) in [4.78, 5) is 12.0. The second-order valence-corrected chi connectivity index (χ2v) is 6.74. The van der Waals surface area contributed by atoms with E-state index in [1.165, 1.54) is 24.6 Å². The Morgan fingerprint density at radius 3 is 2.90 bits per heavy atom. The van der Waals surface area contributed by atoms with Crippen molar-refractivity contribution in [3.8, 4) is 0 Å². The van der Waals surface area contributed by atoms with Crippen LogP contribution in [0, 0.1) is 6.92 Å². The molecule has 0 unspecified atom stereocenters. The highest BCUT2D eigenvalue weighted by molar-refractivity contribution is 9.10. The van der Waals surface area contributed by atoms with Crippen LogP contribution in [-0.4, -0.2) is 26.4 Å². The van der Waals surface area contributed by atoms with Crippen molar-refractivity contribution in [2.24, 2.45) is 0 Å². The van der Waals surface area contributed by atoms with Crippen molar-refractivity contribution in [1.82, 2.24) is 14.8 Å². The fourth-order valence-corrected chi connectivity index (χ4v) is 3.32. The third-order valence-electron chi connectivity index (χ3n) is 3.23. The van der Waals surface area contributed by atoms with Crippen molar-refractivity contribution in [2.75, 3.05) is 11.1 Å². The van der Waals surface area contributed by atoms with E-state index < -0.39 is 0 Å². The summed E-state index contributed by atoms with van der Waals surface area (Å²) in [7, 11) is 0. The van der Waals surface area contributed by atoms with Gasteiger partial charge in [-0.25, -0.2) is 0 Å². The number of nitrogens with one attached hydrogen (secondary N) is 1. The fraction of sp³-hybridized carbons (Fsp3) is 0.357. The maximum Gasteiger partial charge on any atom is 0.234 e. The Hall–Kier alpha value is -1.34. The molecule has 3 rings (SSSR count). The number of hydrogen-bond acceptors (Lipinski definition) is 4. The first-order valence-corrected chi connectivity index (χ1v) is 8.51. The maximum absolute atomic E-state index is 12.0. The van der Waals surface area contributed by atoms with E-state index in [1.54, 1.807) is 0 Å². The average Bonchev–Trinajstić information content (AvgIpc) is 3.23. The average molecular weight is 367 g/mol. The first-order chi connectivity index (χ1) is 10.1. The van der Waals surface area contributed by atoms with Crippen molar-refractivity contribution in [3.05, 3.63) is 34.6 Å². The highest BCUT2D eigenvalue weighted by Gasteiger charge is 2.28. The second-order valence-electron chi connectivity index (χ2n) is 4.95. The normalized spacial score (nSPS) is 14.2. The van der Waals surface area contributed by atoms with Gasteiger partial charge in [0.15, 0.2) is 5.16 Å². The molecule has 1 aliphatic carbocycles. The van der Waals surface area contributed by atoms with Crippen LogP contribution in [0.25, 0.3) is 0 Å². The summed E-state index contributed by atoms with van der Waals surface area (Å²) in [5.41, 5.74) is 0.781.